The fourth-order valence-corrected chi connectivity index (χ4v) is 11.0. The van der Waals surface area contributed by atoms with Crippen LogP contribution in [0.4, 0.5) is 0 Å². The summed E-state index contributed by atoms with van der Waals surface area (Å²) in [5.41, 5.74) is 12.8. The van der Waals surface area contributed by atoms with E-state index in [-0.39, 0.29) is 0 Å². The molecule has 2 heteroatoms. The van der Waals surface area contributed by atoms with Gasteiger partial charge in [0.2, 0.25) is 0 Å². The fourth-order valence-electron chi connectivity index (χ4n) is 11.0. The van der Waals surface area contributed by atoms with E-state index in [4.69, 9.17) is 8.83 Å². The molecule has 2 aromatic heterocycles. The van der Waals surface area contributed by atoms with Crippen molar-refractivity contribution in [1.82, 2.24) is 0 Å². The molecule has 12 aromatic carbocycles. The van der Waals surface area contributed by atoms with Crippen molar-refractivity contribution in [3.63, 3.8) is 0 Å². The molecule has 0 fully saturated rings. The first kappa shape index (κ1) is 35.2. The highest BCUT2D eigenvalue weighted by Gasteiger charge is 2.25. The van der Waals surface area contributed by atoms with Gasteiger partial charge in [-0.2, -0.15) is 0 Å². The van der Waals surface area contributed by atoms with Gasteiger partial charge >= 0.3 is 0 Å². The largest absolute Gasteiger partial charge is 0.456 e. The van der Waals surface area contributed by atoms with Gasteiger partial charge in [-0.3, -0.25) is 0 Å². The number of hydrogen-bond donors (Lipinski definition) is 0. The van der Waals surface area contributed by atoms with Crippen molar-refractivity contribution in [2.75, 3.05) is 0 Å². The van der Waals surface area contributed by atoms with Crippen molar-refractivity contribution in [3.05, 3.63) is 218 Å². The molecule has 0 spiro atoms. The Labute approximate surface area is 367 Å². The van der Waals surface area contributed by atoms with Gasteiger partial charge in [0, 0.05) is 27.1 Å². The third-order valence-corrected chi connectivity index (χ3v) is 13.7. The minimum Gasteiger partial charge on any atom is -0.456 e. The van der Waals surface area contributed by atoms with Gasteiger partial charge in [-0.1, -0.05) is 194 Å². The van der Waals surface area contributed by atoms with E-state index in [2.05, 4.69) is 206 Å². The maximum Gasteiger partial charge on any atom is 0.143 e. The molecule has 0 saturated carbocycles. The first-order valence-electron chi connectivity index (χ1n) is 22.0. The quantitative estimate of drug-likeness (QED) is 0.131. The molecule has 0 aliphatic carbocycles. The third kappa shape index (κ3) is 4.96. The number of benzene rings is 12. The molecular weight excluding hydrogens is 777 g/mol. The first-order valence-corrected chi connectivity index (χ1v) is 22.0. The summed E-state index contributed by atoms with van der Waals surface area (Å²) in [5, 5.41) is 16.8. The molecule has 0 saturated heterocycles. The minimum absolute atomic E-state index is 0.880. The predicted octanol–water partition coefficient (Wildman–Crippen LogP) is 17.9. The number of hydrogen-bond acceptors (Lipinski definition) is 2. The lowest BCUT2D eigenvalue weighted by Crippen LogP contribution is -1.96. The Morgan fingerprint density at radius 1 is 0.219 bits per heavy atom. The van der Waals surface area contributed by atoms with Crippen molar-refractivity contribution in [2.45, 2.75) is 0 Å². The zero-order chi connectivity index (χ0) is 41.9. The molecule has 14 rings (SSSR count). The average molecular weight is 813 g/mol. The summed E-state index contributed by atoms with van der Waals surface area (Å²) in [6, 6.07) is 79.5. The van der Waals surface area contributed by atoms with Crippen molar-refractivity contribution in [3.8, 4) is 44.5 Å². The van der Waals surface area contributed by atoms with Gasteiger partial charge in [-0.05, 0) is 117 Å². The second kappa shape index (κ2) is 13.5. The summed E-state index contributed by atoms with van der Waals surface area (Å²) in [6.45, 7) is 0. The first-order chi connectivity index (χ1) is 31.8. The van der Waals surface area contributed by atoms with E-state index in [0.29, 0.717) is 0 Å². The second-order valence-electron chi connectivity index (χ2n) is 17.0. The van der Waals surface area contributed by atoms with E-state index in [1.54, 1.807) is 0 Å². The van der Waals surface area contributed by atoms with Gasteiger partial charge in [0.05, 0.1) is 0 Å². The van der Waals surface area contributed by atoms with Crippen LogP contribution in [0.15, 0.2) is 227 Å². The molecule has 0 aliphatic heterocycles. The zero-order valence-corrected chi connectivity index (χ0v) is 34.6. The molecule has 0 bridgehead atoms. The van der Waals surface area contributed by atoms with Crippen molar-refractivity contribution in [1.29, 1.82) is 0 Å². The maximum atomic E-state index is 6.82. The Hall–Kier alpha value is -8.46. The van der Waals surface area contributed by atoms with Gasteiger partial charge in [0.15, 0.2) is 0 Å². The Morgan fingerprint density at radius 3 is 1.30 bits per heavy atom. The highest BCUT2D eigenvalue weighted by Crippen LogP contribution is 2.52. The SMILES string of the molecule is c1cc(-c2ccc3oc4ccccc4c3c2)c(-c2c3ccccc3c(-c3cccc4c5ccccc5c5ccccc5c34)c3ccccc23)c(-c2cccc3c2oc2ccccc23)c1. The number of rotatable bonds is 4. The number of furan rings is 2. The van der Waals surface area contributed by atoms with E-state index >= 15 is 0 Å². The van der Waals surface area contributed by atoms with Crippen LogP contribution in [0.5, 0.6) is 0 Å². The predicted molar refractivity (Wildman–Crippen MR) is 270 cm³/mol. The smallest absolute Gasteiger partial charge is 0.143 e. The van der Waals surface area contributed by atoms with Gasteiger partial charge in [0.1, 0.15) is 22.3 Å². The highest BCUT2D eigenvalue weighted by atomic mass is 16.3. The average Bonchev–Trinajstić information content (AvgIpc) is 3.94. The van der Waals surface area contributed by atoms with Gasteiger partial charge in [0.25, 0.3) is 0 Å². The second-order valence-corrected chi connectivity index (χ2v) is 17.0. The zero-order valence-electron chi connectivity index (χ0n) is 34.6. The molecule has 2 heterocycles. The number of fused-ring (bicyclic) bond motifs is 14. The minimum atomic E-state index is 0.880. The summed E-state index contributed by atoms with van der Waals surface area (Å²) in [6.07, 6.45) is 0. The fraction of sp³-hybridized carbons (Fsp3) is 0. The summed E-state index contributed by atoms with van der Waals surface area (Å²) in [7, 11) is 0. The molecule has 0 amide bonds. The van der Waals surface area contributed by atoms with Crippen molar-refractivity contribution < 1.29 is 8.83 Å². The van der Waals surface area contributed by atoms with Crippen LogP contribution >= 0.6 is 0 Å². The Bertz CT molecular complexity index is 4160. The molecule has 0 atom stereocenters. The van der Waals surface area contributed by atoms with Crippen molar-refractivity contribution >= 4 is 97.7 Å². The van der Waals surface area contributed by atoms with Crippen LogP contribution in [0.3, 0.4) is 0 Å². The van der Waals surface area contributed by atoms with Crippen LogP contribution in [-0.2, 0) is 0 Å². The molecule has 296 valence electrons. The Morgan fingerprint density at radius 2 is 0.641 bits per heavy atom. The monoisotopic (exact) mass is 812 g/mol. The van der Waals surface area contributed by atoms with Crippen LogP contribution in [0.1, 0.15) is 0 Å². The Kier molecular flexibility index (Phi) is 7.43. The van der Waals surface area contributed by atoms with Crippen molar-refractivity contribution in [2.24, 2.45) is 0 Å². The van der Waals surface area contributed by atoms with E-state index in [9.17, 15) is 0 Å². The van der Waals surface area contributed by atoms with Gasteiger partial charge in [-0.15, -0.1) is 0 Å². The summed E-state index contributed by atoms with van der Waals surface area (Å²) >= 11 is 0. The van der Waals surface area contributed by atoms with Crippen LogP contribution in [0.2, 0.25) is 0 Å². The summed E-state index contributed by atoms with van der Waals surface area (Å²) < 4.78 is 13.2. The highest BCUT2D eigenvalue weighted by molar-refractivity contribution is 6.32. The molecule has 64 heavy (non-hydrogen) atoms. The lowest BCUT2D eigenvalue weighted by molar-refractivity contribution is 0.669. The molecule has 2 nitrogen and oxygen atoms in total. The van der Waals surface area contributed by atoms with Gasteiger partial charge < -0.3 is 8.83 Å². The Balaban J connectivity index is 1.14. The standard InChI is InChI=1S/C62H36O2/c1-2-17-41-39(16-1)40-18-3-4-21-44(40)58-45(41)27-14-31-53(58)59-46-22-5-7-24-48(46)61(49-25-8-6-23-47(49)59)60-38(37-34-35-57-54(36-37)43-20-10-11-32-55(43)63-57)26-13-28-50(60)52-30-15-29-51-42-19-9-12-33-56(42)64-62(51)52/h1-36H. The maximum absolute atomic E-state index is 6.82. The molecule has 0 N–H and O–H groups in total. The summed E-state index contributed by atoms with van der Waals surface area (Å²) in [4.78, 5) is 0. The molecular formula is C62H36O2. The van der Waals surface area contributed by atoms with E-state index in [1.807, 2.05) is 12.1 Å². The molecule has 0 radical (unpaired) electrons. The molecule has 0 unspecified atom stereocenters. The molecule has 0 aliphatic rings. The van der Waals surface area contributed by atoms with Crippen LogP contribution in [0.25, 0.3) is 142 Å². The van der Waals surface area contributed by atoms with Crippen LogP contribution in [0, 0.1) is 0 Å². The lowest BCUT2D eigenvalue weighted by atomic mass is 9.79. The lowest BCUT2D eigenvalue weighted by Gasteiger charge is -2.23. The van der Waals surface area contributed by atoms with E-state index in [0.717, 1.165) is 71.7 Å². The summed E-state index contributed by atoms with van der Waals surface area (Å²) in [5.74, 6) is 0. The van der Waals surface area contributed by atoms with Crippen LogP contribution in [-0.4, -0.2) is 0 Å². The van der Waals surface area contributed by atoms with Gasteiger partial charge in [-0.25, -0.2) is 0 Å². The van der Waals surface area contributed by atoms with Crippen LogP contribution < -0.4 is 0 Å². The topological polar surface area (TPSA) is 26.3 Å². The number of para-hydroxylation sites is 3. The normalized spacial score (nSPS) is 12.1. The van der Waals surface area contributed by atoms with E-state index in [1.165, 1.54) is 70.6 Å². The third-order valence-electron chi connectivity index (χ3n) is 13.7. The van der Waals surface area contributed by atoms with E-state index < -0.39 is 0 Å². The molecule has 14 aromatic rings.